The van der Waals surface area contributed by atoms with Crippen LogP contribution in [0.25, 0.3) is 21.8 Å². The van der Waals surface area contributed by atoms with E-state index < -0.39 is 0 Å². The number of aromatic nitrogens is 2. The van der Waals surface area contributed by atoms with Crippen LogP contribution in [0, 0.1) is 0 Å². The highest BCUT2D eigenvalue weighted by Gasteiger charge is 2.11. The molecule has 2 heterocycles. The van der Waals surface area contributed by atoms with Crippen LogP contribution in [0.15, 0.2) is 59.5 Å². The van der Waals surface area contributed by atoms with Crippen LogP contribution >= 0.6 is 0 Å². The van der Waals surface area contributed by atoms with Gasteiger partial charge in [0.2, 0.25) is 11.5 Å². The van der Waals surface area contributed by atoms with Gasteiger partial charge < -0.3 is 14.9 Å². The van der Waals surface area contributed by atoms with E-state index in [4.69, 9.17) is 0 Å². The molecule has 2 aromatic heterocycles. The number of rotatable bonds is 5. The molecule has 0 radical (unpaired) electrons. The van der Waals surface area contributed by atoms with E-state index in [0.29, 0.717) is 12.1 Å². The minimum atomic E-state index is -0.116. The molecule has 0 spiro atoms. The van der Waals surface area contributed by atoms with Crippen LogP contribution < -0.4 is 10.9 Å². The highest BCUT2D eigenvalue weighted by atomic mass is 16.1. The summed E-state index contributed by atoms with van der Waals surface area (Å²) in [6.45, 7) is 2.09. The Morgan fingerprint density at radius 3 is 2.71 bits per heavy atom. The first-order chi connectivity index (χ1) is 13.5. The van der Waals surface area contributed by atoms with Crippen LogP contribution in [-0.2, 0) is 24.7 Å². The van der Waals surface area contributed by atoms with Gasteiger partial charge >= 0.3 is 0 Å². The number of carbonyl (C=O) groups excluding carboxylic acids is 1. The fourth-order valence-electron chi connectivity index (χ4n) is 3.83. The van der Waals surface area contributed by atoms with Gasteiger partial charge in [-0.15, -0.1) is 0 Å². The number of aromatic amines is 1. The quantitative estimate of drug-likeness (QED) is 0.552. The van der Waals surface area contributed by atoms with E-state index in [9.17, 15) is 9.59 Å². The molecular formula is C23H23N3O2. The molecule has 0 atom stereocenters. The monoisotopic (exact) mass is 373 g/mol. The number of nitrogens with zero attached hydrogens (tertiary/aromatic N) is 1. The molecule has 0 aliphatic heterocycles. The summed E-state index contributed by atoms with van der Waals surface area (Å²) < 4.78 is 2.04. The van der Waals surface area contributed by atoms with Crippen molar-refractivity contribution in [2.24, 2.45) is 7.05 Å². The molecule has 1 amide bonds. The number of para-hydroxylation sites is 1. The van der Waals surface area contributed by atoms with Crippen LogP contribution in [-0.4, -0.2) is 15.5 Å². The molecule has 2 aromatic carbocycles. The number of pyridine rings is 1. The summed E-state index contributed by atoms with van der Waals surface area (Å²) in [4.78, 5) is 27.4. The van der Waals surface area contributed by atoms with Crippen molar-refractivity contribution in [3.8, 4) is 0 Å². The van der Waals surface area contributed by atoms with Gasteiger partial charge in [0, 0.05) is 41.3 Å². The molecule has 0 saturated heterocycles. The topological polar surface area (TPSA) is 66.9 Å². The third kappa shape index (κ3) is 3.43. The molecule has 0 saturated carbocycles. The zero-order chi connectivity index (χ0) is 19.7. The van der Waals surface area contributed by atoms with Crippen LogP contribution in [0.4, 0.5) is 5.69 Å². The summed E-state index contributed by atoms with van der Waals surface area (Å²) in [7, 11) is 1.98. The van der Waals surface area contributed by atoms with E-state index in [1.807, 2.05) is 60.3 Å². The van der Waals surface area contributed by atoms with Gasteiger partial charge in [0.1, 0.15) is 0 Å². The summed E-state index contributed by atoms with van der Waals surface area (Å²) in [5.74, 6) is -0.0808. The maximum absolute atomic E-state index is 12.6. The Kier molecular flexibility index (Phi) is 4.74. The average Bonchev–Trinajstić information content (AvgIpc) is 2.97. The Hall–Kier alpha value is -3.34. The first kappa shape index (κ1) is 18.0. The van der Waals surface area contributed by atoms with Crippen molar-refractivity contribution in [3.05, 3.63) is 76.2 Å². The minimum Gasteiger partial charge on any atom is -0.350 e. The molecule has 0 unspecified atom stereocenters. The van der Waals surface area contributed by atoms with Crippen molar-refractivity contribution in [1.82, 2.24) is 9.55 Å². The molecule has 4 aromatic rings. The number of nitrogens with one attached hydrogen (secondary N) is 2. The molecule has 4 rings (SSSR count). The summed E-state index contributed by atoms with van der Waals surface area (Å²) >= 11 is 0. The number of hydrogen-bond acceptors (Lipinski definition) is 2. The predicted octanol–water partition coefficient (Wildman–Crippen LogP) is 4.15. The zero-order valence-electron chi connectivity index (χ0n) is 16.1. The van der Waals surface area contributed by atoms with Gasteiger partial charge in [-0.25, -0.2) is 0 Å². The molecule has 5 nitrogen and oxygen atoms in total. The number of benzene rings is 2. The maximum Gasteiger partial charge on any atom is 0.248 e. The van der Waals surface area contributed by atoms with Crippen molar-refractivity contribution in [1.29, 1.82) is 0 Å². The highest BCUT2D eigenvalue weighted by Crippen LogP contribution is 2.23. The molecule has 0 aliphatic carbocycles. The van der Waals surface area contributed by atoms with Crippen molar-refractivity contribution < 1.29 is 4.79 Å². The van der Waals surface area contributed by atoms with Crippen molar-refractivity contribution in [2.75, 3.05) is 5.32 Å². The number of H-pyrrole nitrogens is 1. The normalized spacial score (nSPS) is 11.2. The predicted molar refractivity (Wildman–Crippen MR) is 114 cm³/mol. The lowest BCUT2D eigenvalue weighted by atomic mass is 10.0. The number of aryl methyl sites for hydroxylation is 2. The van der Waals surface area contributed by atoms with Gasteiger partial charge in [-0.1, -0.05) is 37.6 Å². The van der Waals surface area contributed by atoms with E-state index in [0.717, 1.165) is 45.8 Å². The Bertz CT molecular complexity index is 1230. The van der Waals surface area contributed by atoms with E-state index in [2.05, 4.69) is 17.2 Å². The fraction of sp³-hybridized carbons (Fsp3) is 0.217. The van der Waals surface area contributed by atoms with Crippen LogP contribution in [0.1, 0.15) is 24.5 Å². The molecular weight excluding hydrogens is 350 g/mol. The molecule has 28 heavy (non-hydrogen) atoms. The molecule has 2 N–H and O–H groups in total. The second-order valence-corrected chi connectivity index (χ2v) is 7.18. The fourth-order valence-corrected chi connectivity index (χ4v) is 3.83. The standard InChI is InChI=1S/C23H23N3O2/c1-3-6-15-11-23(28)25-20-13-17(9-10-18(15)20)24-22(27)12-16-14-26(2)21-8-5-4-7-19(16)21/h4-5,7-11,13-14H,3,6,12H2,1-2H3,(H,24,27)(H,25,28). The Balaban J connectivity index is 1.59. The lowest BCUT2D eigenvalue weighted by Crippen LogP contribution is -2.14. The lowest BCUT2D eigenvalue weighted by molar-refractivity contribution is -0.115. The SMILES string of the molecule is CCCc1cc(=O)[nH]c2cc(NC(=O)Cc3cn(C)c4ccccc34)ccc12. The third-order valence-electron chi connectivity index (χ3n) is 5.06. The van der Waals surface area contributed by atoms with Crippen molar-refractivity contribution in [3.63, 3.8) is 0 Å². The smallest absolute Gasteiger partial charge is 0.248 e. The second-order valence-electron chi connectivity index (χ2n) is 7.18. The van der Waals surface area contributed by atoms with E-state index in [1.54, 1.807) is 6.07 Å². The average molecular weight is 373 g/mol. The second kappa shape index (κ2) is 7.35. The van der Waals surface area contributed by atoms with E-state index in [1.165, 1.54) is 0 Å². The Morgan fingerprint density at radius 2 is 1.89 bits per heavy atom. The summed E-state index contributed by atoms with van der Waals surface area (Å²) in [6, 6.07) is 15.4. The molecule has 0 fully saturated rings. The Morgan fingerprint density at radius 1 is 1.07 bits per heavy atom. The van der Waals surface area contributed by atoms with Gasteiger partial charge in [-0.3, -0.25) is 9.59 Å². The Labute approximate surface area is 163 Å². The largest absolute Gasteiger partial charge is 0.350 e. The zero-order valence-corrected chi connectivity index (χ0v) is 16.1. The lowest BCUT2D eigenvalue weighted by Gasteiger charge is -2.09. The van der Waals surface area contributed by atoms with Gasteiger partial charge in [-0.05, 0) is 35.7 Å². The minimum absolute atomic E-state index is 0.0808. The molecule has 142 valence electrons. The summed E-state index contributed by atoms with van der Waals surface area (Å²) in [5, 5.41) is 5.07. The van der Waals surface area contributed by atoms with Crippen molar-refractivity contribution in [2.45, 2.75) is 26.2 Å². The maximum atomic E-state index is 12.6. The third-order valence-corrected chi connectivity index (χ3v) is 5.06. The van der Waals surface area contributed by atoms with Gasteiger partial charge in [0.25, 0.3) is 0 Å². The number of hydrogen-bond donors (Lipinski definition) is 2. The number of anilines is 1. The summed E-state index contributed by atoms with van der Waals surface area (Å²) in [6.07, 6.45) is 4.13. The van der Waals surface area contributed by atoms with Crippen LogP contribution in [0.2, 0.25) is 0 Å². The van der Waals surface area contributed by atoms with Gasteiger partial charge in [0.15, 0.2) is 0 Å². The highest BCUT2D eigenvalue weighted by molar-refractivity contribution is 5.97. The first-order valence-electron chi connectivity index (χ1n) is 9.54. The van der Waals surface area contributed by atoms with Crippen LogP contribution in [0.3, 0.4) is 0 Å². The van der Waals surface area contributed by atoms with Crippen LogP contribution in [0.5, 0.6) is 0 Å². The molecule has 0 bridgehead atoms. The molecule has 5 heteroatoms. The van der Waals surface area contributed by atoms with Gasteiger partial charge in [-0.2, -0.15) is 0 Å². The summed E-state index contributed by atoms with van der Waals surface area (Å²) in [5.41, 5.74) is 4.46. The number of amides is 1. The number of carbonyl (C=O) groups is 1. The molecule has 0 aliphatic rings. The van der Waals surface area contributed by atoms with E-state index >= 15 is 0 Å². The van der Waals surface area contributed by atoms with Gasteiger partial charge in [0.05, 0.1) is 11.9 Å². The number of fused-ring (bicyclic) bond motifs is 2. The first-order valence-corrected chi connectivity index (χ1v) is 9.54. The van der Waals surface area contributed by atoms with Crippen molar-refractivity contribution >= 4 is 33.4 Å². The van der Waals surface area contributed by atoms with E-state index in [-0.39, 0.29) is 11.5 Å².